The number of anilines is 1. The molecule has 4 rings (SSSR count). The molecule has 8 heteroatoms. The zero-order chi connectivity index (χ0) is 18.8. The number of amides is 2. The monoisotopic (exact) mass is 388 g/mol. The molecular formula is C19H18F2N4OS. The van der Waals surface area contributed by atoms with Gasteiger partial charge >= 0.3 is 6.03 Å². The summed E-state index contributed by atoms with van der Waals surface area (Å²) in [4.78, 5) is 20.6. The molecule has 0 aliphatic carbocycles. The maximum Gasteiger partial charge on any atom is 0.317 e. The molecular weight excluding hydrogens is 370 g/mol. The molecule has 0 saturated carbocycles. The Hall–Kier alpha value is -2.74. The third-order valence-electron chi connectivity index (χ3n) is 4.55. The molecule has 0 atom stereocenters. The quantitative estimate of drug-likeness (QED) is 0.746. The molecule has 0 radical (unpaired) electrons. The van der Waals surface area contributed by atoms with Gasteiger partial charge in [0.25, 0.3) is 0 Å². The third-order valence-corrected chi connectivity index (χ3v) is 5.63. The number of hydrogen-bond donors (Lipinski definition) is 1. The summed E-state index contributed by atoms with van der Waals surface area (Å²) in [6.07, 6.45) is 0. The van der Waals surface area contributed by atoms with Crippen LogP contribution in [-0.2, 0) is 6.54 Å². The first-order valence-electron chi connectivity index (χ1n) is 8.67. The second kappa shape index (κ2) is 7.48. The Morgan fingerprint density at radius 3 is 2.52 bits per heavy atom. The maximum absolute atomic E-state index is 13.8. The Bertz CT molecular complexity index is 952. The summed E-state index contributed by atoms with van der Waals surface area (Å²) in [5.74, 6) is -0.607. The number of carbonyl (C=O) groups excluding carboxylic acids is 1. The molecule has 1 saturated heterocycles. The van der Waals surface area contributed by atoms with Crippen LogP contribution in [0.25, 0.3) is 10.2 Å². The molecule has 2 heterocycles. The summed E-state index contributed by atoms with van der Waals surface area (Å²) in [5.41, 5.74) is 1.25. The molecule has 1 aromatic heterocycles. The summed E-state index contributed by atoms with van der Waals surface area (Å²) >= 11 is 1.46. The molecule has 3 aromatic rings. The molecule has 1 fully saturated rings. The lowest BCUT2D eigenvalue weighted by Crippen LogP contribution is -2.51. The number of benzene rings is 2. The van der Waals surface area contributed by atoms with Crippen molar-refractivity contribution in [2.75, 3.05) is 31.1 Å². The van der Waals surface area contributed by atoms with Crippen molar-refractivity contribution in [3.63, 3.8) is 0 Å². The van der Waals surface area contributed by atoms with E-state index in [1.165, 1.54) is 29.5 Å². The van der Waals surface area contributed by atoms with Gasteiger partial charge in [0.2, 0.25) is 0 Å². The summed E-state index contributed by atoms with van der Waals surface area (Å²) in [6, 6.07) is 10.9. The number of aromatic nitrogens is 1. The molecule has 1 aliphatic rings. The van der Waals surface area contributed by atoms with Crippen molar-refractivity contribution in [2.24, 2.45) is 0 Å². The van der Waals surface area contributed by atoms with Crippen molar-refractivity contribution in [3.05, 3.63) is 59.7 Å². The number of carbonyl (C=O) groups is 1. The Labute approximate surface area is 159 Å². The van der Waals surface area contributed by atoms with Crippen LogP contribution < -0.4 is 10.2 Å². The molecule has 5 nitrogen and oxygen atoms in total. The summed E-state index contributed by atoms with van der Waals surface area (Å²) in [6.45, 7) is 2.77. The number of para-hydroxylation sites is 1. The van der Waals surface area contributed by atoms with Gasteiger partial charge in [-0.15, -0.1) is 0 Å². The van der Waals surface area contributed by atoms with Gasteiger partial charge in [-0.05, 0) is 29.8 Å². The van der Waals surface area contributed by atoms with Crippen LogP contribution in [0.5, 0.6) is 0 Å². The van der Waals surface area contributed by atoms with E-state index in [1.54, 1.807) is 23.1 Å². The van der Waals surface area contributed by atoms with Crippen LogP contribution in [0.4, 0.5) is 18.7 Å². The Morgan fingerprint density at radius 1 is 1.07 bits per heavy atom. The zero-order valence-corrected chi connectivity index (χ0v) is 15.3. The summed E-state index contributed by atoms with van der Waals surface area (Å²) in [7, 11) is 0. The van der Waals surface area contributed by atoms with E-state index in [2.05, 4.69) is 15.2 Å². The number of nitrogens with one attached hydrogen (secondary N) is 1. The highest BCUT2D eigenvalue weighted by Crippen LogP contribution is 2.30. The second-order valence-corrected chi connectivity index (χ2v) is 7.35. The first-order valence-corrected chi connectivity index (χ1v) is 9.49. The minimum Gasteiger partial charge on any atom is -0.345 e. The normalized spacial score (nSPS) is 14.6. The molecule has 2 aromatic carbocycles. The van der Waals surface area contributed by atoms with Crippen molar-refractivity contribution in [2.45, 2.75) is 6.54 Å². The topological polar surface area (TPSA) is 48.5 Å². The van der Waals surface area contributed by atoms with E-state index in [9.17, 15) is 13.6 Å². The van der Waals surface area contributed by atoms with Crippen molar-refractivity contribution < 1.29 is 13.6 Å². The highest BCUT2D eigenvalue weighted by Gasteiger charge is 2.23. The number of urea groups is 1. The first kappa shape index (κ1) is 17.7. The van der Waals surface area contributed by atoms with Crippen molar-refractivity contribution in [3.8, 4) is 0 Å². The van der Waals surface area contributed by atoms with Crippen LogP contribution in [0.3, 0.4) is 0 Å². The van der Waals surface area contributed by atoms with E-state index in [-0.39, 0.29) is 17.7 Å². The van der Waals surface area contributed by atoms with Gasteiger partial charge in [0, 0.05) is 32.7 Å². The summed E-state index contributed by atoms with van der Waals surface area (Å²) < 4.78 is 27.6. The lowest BCUT2D eigenvalue weighted by atomic mass is 10.2. The Kier molecular flexibility index (Phi) is 4.89. The van der Waals surface area contributed by atoms with Gasteiger partial charge in [-0.3, -0.25) is 0 Å². The van der Waals surface area contributed by atoms with E-state index in [0.717, 1.165) is 15.4 Å². The third kappa shape index (κ3) is 3.85. The van der Waals surface area contributed by atoms with E-state index in [0.29, 0.717) is 38.2 Å². The number of fused-ring (bicyclic) bond motifs is 1. The minimum absolute atomic E-state index is 0.144. The Balaban J connectivity index is 1.33. The van der Waals surface area contributed by atoms with E-state index in [4.69, 9.17) is 0 Å². The van der Waals surface area contributed by atoms with Gasteiger partial charge in [-0.2, -0.15) is 0 Å². The standard InChI is InChI=1S/C19H18F2N4OS/c20-14-6-4-13(5-7-14)12-22-18(26)24-8-10-25(11-9-24)19-23-17-15(21)2-1-3-16(17)27-19/h1-7H,8-12H2,(H,22,26). The van der Waals surface area contributed by atoms with Crippen LogP contribution in [0.1, 0.15) is 5.56 Å². The lowest BCUT2D eigenvalue weighted by molar-refractivity contribution is 0.194. The Morgan fingerprint density at radius 2 is 1.81 bits per heavy atom. The van der Waals surface area contributed by atoms with Crippen LogP contribution >= 0.6 is 11.3 Å². The van der Waals surface area contributed by atoms with Crippen LogP contribution in [0.2, 0.25) is 0 Å². The average Bonchev–Trinajstić information content (AvgIpc) is 3.13. The first-order chi connectivity index (χ1) is 13.1. The minimum atomic E-state index is -0.311. The molecule has 1 aliphatic heterocycles. The number of hydrogen-bond acceptors (Lipinski definition) is 4. The largest absolute Gasteiger partial charge is 0.345 e. The fourth-order valence-electron chi connectivity index (χ4n) is 3.03. The van der Waals surface area contributed by atoms with Crippen LogP contribution in [0, 0.1) is 11.6 Å². The van der Waals surface area contributed by atoms with Gasteiger partial charge in [0.1, 0.15) is 17.2 Å². The predicted molar refractivity (Wildman–Crippen MR) is 102 cm³/mol. The number of thiazole rings is 1. The fraction of sp³-hybridized carbons (Fsp3) is 0.263. The van der Waals surface area contributed by atoms with Crippen LogP contribution in [-0.4, -0.2) is 42.1 Å². The second-order valence-electron chi connectivity index (χ2n) is 6.34. The zero-order valence-electron chi connectivity index (χ0n) is 14.5. The average molecular weight is 388 g/mol. The fourth-order valence-corrected chi connectivity index (χ4v) is 4.06. The summed E-state index contributed by atoms with van der Waals surface area (Å²) in [5, 5.41) is 3.63. The van der Waals surface area contributed by atoms with Gasteiger partial charge in [0.05, 0.1) is 4.70 Å². The van der Waals surface area contributed by atoms with Crippen molar-refractivity contribution >= 4 is 32.7 Å². The number of piperazine rings is 1. The van der Waals surface area contributed by atoms with Gasteiger partial charge in [-0.25, -0.2) is 18.6 Å². The highest BCUT2D eigenvalue weighted by atomic mass is 32.1. The highest BCUT2D eigenvalue weighted by molar-refractivity contribution is 7.22. The number of rotatable bonds is 3. The lowest BCUT2D eigenvalue weighted by Gasteiger charge is -2.34. The number of nitrogens with zero attached hydrogens (tertiary/aromatic N) is 3. The smallest absolute Gasteiger partial charge is 0.317 e. The number of halogens is 2. The van der Waals surface area contributed by atoms with Crippen molar-refractivity contribution in [1.82, 2.24) is 15.2 Å². The molecule has 0 bridgehead atoms. The molecule has 0 unspecified atom stereocenters. The van der Waals surface area contributed by atoms with Crippen LogP contribution in [0.15, 0.2) is 42.5 Å². The van der Waals surface area contributed by atoms with E-state index >= 15 is 0 Å². The van der Waals surface area contributed by atoms with E-state index < -0.39 is 0 Å². The van der Waals surface area contributed by atoms with Crippen molar-refractivity contribution in [1.29, 1.82) is 0 Å². The maximum atomic E-state index is 13.8. The van der Waals surface area contributed by atoms with Gasteiger partial charge < -0.3 is 15.1 Å². The molecule has 0 spiro atoms. The SMILES string of the molecule is O=C(NCc1ccc(F)cc1)N1CCN(c2nc3c(F)cccc3s2)CC1. The van der Waals surface area contributed by atoms with Gasteiger partial charge in [-0.1, -0.05) is 29.5 Å². The van der Waals surface area contributed by atoms with E-state index in [1.807, 2.05) is 6.07 Å². The molecule has 1 N–H and O–H groups in total. The molecule has 27 heavy (non-hydrogen) atoms. The predicted octanol–water partition coefficient (Wildman–Crippen LogP) is 3.61. The molecule has 140 valence electrons. The van der Waals surface area contributed by atoms with Gasteiger partial charge in [0.15, 0.2) is 5.13 Å². The molecule has 2 amide bonds.